The quantitative estimate of drug-likeness (QED) is 0.162. The fraction of sp³-hybridized carbons (Fsp3) is 0.467. The molecule has 5 rings (SSSR count). The van der Waals surface area contributed by atoms with Gasteiger partial charge in [-0.3, -0.25) is 14.7 Å². The molecule has 1 atom stereocenters. The number of carbonyl (C=O) groups excluding carboxylic acids is 1. The zero-order valence-electron chi connectivity index (χ0n) is 32.5. The first-order chi connectivity index (χ1) is 24.0. The molecule has 2 aliphatic rings. The van der Waals surface area contributed by atoms with Crippen LogP contribution in [0.5, 0.6) is 5.75 Å². The lowest BCUT2D eigenvalue weighted by Gasteiger charge is -2.47. The fourth-order valence-electron chi connectivity index (χ4n) is 6.40. The Hall–Kier alpha value is -3.80. The summed E-state index contributed by atoms with van der Waals surface area (Å²) in [5.41, 5.74) is 8.45. The number of morpholine rings is 1. The smallest absolute Gasteiger partial charge is 0.153 e. The number of hydrogen-bond acceptors (Lipinski definition) is 5. The number of ether oxygens (including phenoxy) is 1. The minimum atomic E-state index is -0.739. The molecule has 1 unspecified atom stereocenters. The van der Waals surface area contributed by atoms with Gasteiger partial charge in [0.05, 0.1) is 18.8 Å². The van der Waals surface area contributed by atoms with Crippen LogP contribution in [-0.2, 0) is 21.5 Å². The number of nitrogens with zero attached hydrogens (tertiary/aromatic N) is 2. The van der Waals surface area contributed by atoms with Crippen molar-refractivity contribution in [3.05, 3.63) is 117 Å². The molecule has 0 aromatic heterocycles. The van der Waals surface area contributed by atoms with E-state index in [1.54, 1.807) is 13.0 Å². The maximum atomic E-state index is 12.7. The van der Waals surface area contributed by atoms with E-state index < -0.39 is 5.54 Å². The number of rotatable bonds is 11. The maximum Gasteiger partial charge on any atom is 0.153 e. The van der Waals surface area contributed by atoms with E-state index in [-0.39, 0.29) is 11.5 Å². The van der Waals surface area contributed by atoms with Gasteiger partial charge in [0.1, 0.15) is 5.75 Å². The van der Waals surface area contributed by atoms with E-state index in [0.29, 0.717) is 32.2 Å². The van der Waals surface area contributed by atoms with Crippen molar-refractivity contribution in [2.75, 3.05) is 26.3 Å². The summed E-state index contributed by atoms with van der Waals surface area (Å²) in [4.78, 5) is 19.9. The molecule has 270 valence electrons. The van der Waals surface area contributed by atoms with Crippen molar-refractivity contribution in [1.82, 2.24) is 4.90 Å². The lowest BCUT2D eigenvalue weighted by Crippen LogP contribution is -2.53. The lowest BCUT2D eigenvalue weighted by atomic mass is 9.74. The summed E-state index contributed by atoms with van der Waals surface area (Å²) in [5, 5.41) is 11.0. The van der Waals surface area contributed by atoms with Crippen molar-refractivity contribution in [2.45, 2.75) is 100 Å². The summed E-state index contributed by atoms with van der Waals surface area (Å²) >= 11 is 0. The Morgan fingerprint density at radius 3 is 2.16 bits per heavy atom. The van der Waals surface area contributed by atoms with Gasteiger partial charge >= 0.3 is 0 Å². The van der Waals surface area contributed by atoms with Gasteiger partial charge in [-0.2, -0.15) is 0 Å². The van der Waals surface area contributed by atoms with Crippen LogP contribution in [0.25, 0.3) is 5.57 Å². The Morgan fingerprint density at radius 2 is 1.60 bits per heavy atom. The van der Waals surface area contributed by atoms with Gasteiger partial charge in [0.2, 0.25) is 0 Å². The first kappa shape index (κ1) is 40.6. The zero-order valence-corrected chi connectivity index (χ0v) is 32.5. The van der Waals surface area contributed by atoms with Gasteiger partial charge in [-0.25, -0.2) is 0 Å². The zero-order chi connectivity index (χ0) is 36.8. The molecule has 1 N–H and O–H groups in total. The summed E-state index contributed by atoms with van der Waals surface area (Å²) in [6.45, 7) is 23.1. The molecule has 0 bridgehead atoms. The molecule has 3 aromatic carbocycles. The highest BCUT2D eigenvalue weighted by Gasteiger charge is 2.43. The maximum absolute atomic E-state index is 12.7. The Labute approximate surface area is 303 Å². The second-order valence-electron chi connectivity index (χ2n) is 14.0. The van der Waals surface area contributed by atoms with E-state index in [9.17, 15) is 9.90 Å². The van der Waals surface area contributed by atoms with Gasteiger partial charge in [0.15, 0.2) is 5.78 Å². The number of aryl methyl sites for hydroxylation is 3. The molecule has 1 aliphatic heterocycles. The van der Waals surface area contributed by atoms with Crippen LogP contribution in [0.3, 0.4) is 0 Å². The van der Waals surface area contributed by atoms with Gasteiger partial charge < -0.3 is 9.84 Å². The number of aliphatic imine (C=N–C) groups is 1. The second-order valence-corrected chi connectivity index (χ2v) is 14.0. The summed E-state index contributed by atoms with van der Waals surface area (Å²) in [6.07, 6.45) is 10.7. The van der Waals surface area contributed by atoms with Crippen LogP contribution in [0.15, 0.2) is 83.5 Å². The number of aromatic hydroxyl groups is 1. The fourth-order valence-corrected chi connectivity index (χ4v) is 6.40. The molecule has 50 heavy (non-hydrogen) atoms. The molecule has 0 spiro atoms. The molecule has 1 saturated carbocycles. The van der Waals surface area contributed by atoms with Crippen molar-refractivity contribution in [3.8, 4) is 5.75 Å². The molecule has 1 saturated heterocycles. The van der Waals surface area contributed by atoms with Gasteiger partial charge in [0, 0.05) is 25.5 Å². The van der Waals surface area contributed by atoms with Crippen LogP contribution in [0.1, 0.15) is 114 Å². The van der Waals surface area contributed by atoms with Crippen molar-refractivity contribution >= 4 is 17.6 Å². The predicted octanol–water partition coefficient (Wildman–Crippen LogP) is 10.6. The Kier molecular flexibility index (Phi) is 15.9. The third-order valence-corrected chi connectivity index (χ3v) is 9.27. The number of benzene rings is 3. The Balaban J connectivity index is 0.00000103. The van der Waals surface area contributed by atoms with Crippen molar-refractivity contribution < 1.29 is 14.6 Å². The molecule has 0 amide bonds. The molecule has 2 fully saturated rings. The standard InChI is InChI=1S/C39H48N2O3.C4H8.C2H6/c1-8-10-32-11-9-12-33(22-32)37(21-31(7)42)36-23-34(15-13-28(36)4)39(41-17-19-44-20-18-41,30(6)26-40-25-27(2)3)35-16-14-29(5)38(43)24-35;1-4-2-3-4;1-2/h9,11-16,21-27,43H,8,10,17-20H2,1-7H3;4H,2-3H2,1H3;1-2H3/b30-26+,37-21-,40-25?;;. The van der Waals surface area contributed by atoms with Crippen LogP contribution in [0.4, 0.5) is 0 Å². The molecule has 0 radical (unpaired) electrons. The number of carbonyl (C=O) groups is 1. The first-order valence-electron chi connectivity index (χ1n) is 18.7. The van der Waals surface area contributed by atoms with Crippen molar-refractivity contribution in [2.24, 2.45) is 16.8 Å². The molecular weight excluding hydrogens is 617 g/mol. The topological polar surface area (TPSA) is 62.1 Å². The number of phenols is 1. The van der Waals surface area contributed by atoms with Crippen LogP contribution in [-0.4, -0.2) is 48.3 Å². The average molecular weight is 679 g/mol. The number of phenolic OH excluding ortho intramolecular Hbond substituents is 1. The van der Waals surface area contributed by atoms with Gasteiger partial charge in [-0.05, 0) is 114 Å². The summed E-state index contributed by atoms with van der Waals surface area (Å²) in [5.74, 6) is 1.66. The highest BCUT2D eigenvalue weighted by Crippen LogP contribution is 2.45. The van der Waals surface area contributed by atoms with E-state index in [1.807, 2.05) is 45.3 Å². The van der Waals surface area contributed by atoms with Gasteiger partial charge in [-0.1, -0.05) is 109 Å². The monoisotopic (exact) mass is 678 g/mol. The molecular formula is C45H62N2O3. The minimum Gasteiger partial charge on any atom is -0.508 e. The summed E-state index contributed by atoms with van der Waals surface area (Å²) in [7, 11) is 0. The number of allylic oxidation sites excluding steroid dienone is 1. The van der Waals surface area contributed by atoms with Crippen molar-refractivity contribution in [1.29, 1.82) is 0 Å². The van der Waals surface area contributed by atoms with Crippen LogP contribution >= 0.6 is 0 Å². The highest BCUT2D eigenvalue weighted by atomic mass is 16.5. The Bertz CT molecular complexity index is 1640. The van der Waals surface area contributed by atoms with Crippen LogP contribution in [0.2, 0.25) is 0 Å². The lowest BCUT2D eigenvalue weighted by molar-refractivity contribution is -0.112. The van der Waals surface area contributed by atoms with E-state index in [4.69, 9.17) is 9.73 Å². The van der Waals surface area contributed by atoms with Crippen LogP contribution < -0.4 is 0 Å². The average Bonchev–Trinajstić information content (AvgIpc) is 3.90. The van der Waals surface area contributed by atoms with Crippen molar-refractivity contribution in [3.63, 3.8) is 0 Å². The molecule has 5 nitrogen and oxygen atoms in total. The summed E-state index contributed by atoms with van der Waals surface area (Å²) in [6, 6.07) is 21.1. The van der Waals surface area contributed by atoms with Crippen LogP contribution in [0, 0.1) is 25.7 Å². The molecule has 5 heteroatoms. The molecule has 3 aromatic rings. The SMILES string of the molecule is CC.CC1CC1.CCCc1cccc(/C(=C/C(C)=O)c2cc(C(/C(C)=C/N=CC(C)C)(c3ccc(C)c(O)c3)N3CCOCC3)ccc2C)c1. The minimum absolute atomic E-state index is 0.00713. The predicted molar refractivity (Wildman–Crippen MR) is 212 cm³/mol. The van der Waals surface area contributed by atoms with E-state index in [1.165, 1.54) is 18.4 Å². The first-order valence-corrected chi connectivity index (χ1v) is 18.7. The molecule has 1 aliphatic carbocycles. The number of ketones is 1. The number of hydrogen-bond donors (Lipinski definition) is 1. The Morgan fingerprint density at radius 1 is 0.980 bits per heavy atom. The second kappa shape index (κ2) is 19.6. The van der Waals surface area contributed by atoms with E-state index in [2.05, 4.69) is 95.0 Å². The van der Waals surface area contributed by atoms with E-state index >= 15 is 0 Å². The highest BCUT2D eigenvalue weighted by molar-refractivity contribution is 5.99. The largest absolute Gasteiger partial charge is 0.508 e. The van der Waals surface area contributed by atoms with E-state index in [0.717, 1.165) is 63.3 Å². The van der Waals surface area contributed by atoms with Gasteiger partial charge in [-0.15, -0.1) is 0 Å². The molecule has 1 heterocycles. The third-order valence-electron chi connectivity index (χ3n) is 9.27. The third kappa shape index (κ3) is 10.6. The summed E-state index contributed by atoms with van der Waals surface area (Å²) < 4.78 is 5.83. The normalized spacial score (nSPS) is 16.7. The van der Waals surface area contributed by atoms with Gasteiger partial charge in [0.25, 0.3) is 0 Å².